The molecular weight excluding hydrogens is 554 g/mol. The molecule has 0 heterocycles. The molecule has 3 rings (SSSR count). The van der Waals surface area contributed by atoms with Crippen LogP contribution in [0.2, 0.25) is 0 Å². The Hall–Kier alpha value is -3.17. The number of carbonyl (C=O) groups excluding carboxylic acids is 2. The Labute approximate surface area is 227 Å². The smallest absolute Gasteiger partial charge is 0.244 e. The van der Waals surface area contributed by atoms with Crippen molar-refractivity contribution in [1.82, 2.24) is 10.2 Å². The molecule has 3 aromatic carbocycles. The Balaban J connectivity index is 2.05. The molecule has 0 saturated carbocycles. The number of hydrogen-bond acceptors (Lipinski definition) is 4. The molecule has 3 aromatic rings. The van der Waals surface area contributed by atoms with Gasteiger partial charge in [-0.3, -0.25) is 13.9 Å². The molecule has 37 heavy (non-hydrogen) atoms. The van der Waals surface area contributed by atoms with Gasteiger partial charge in [-0.25, -0.2) is 8.42 Å². The van der Waals surface area contributed by atoms with Crippen molar-refractivity contribution in [2.75, 3.05) is 24.2 Å². The van der Waals surface area contributed by atoms with E-state index in [9.17, 15) is 18.0 Å². The first-order valence-electron chi connectivity index (χ1n) is 11.8. The fraction of sp³-hybridized carbons (Fsp3) is 0.286. The number of nitrogens with zero attached hydrogens (tertiary/aromatic N) is 2. The van der Waals surface area contributed by atoms with Crippen LogP contribution in [0.5, 0.6) is 0 Å². The number of sulfonamides is 1. The van der Waals surface area contributed by atoms with E-state index in [0.29, 0.717) is 5.69 Å². The first-order valence-corrected chi connectivity index (χ1v) is 14.5. The molecule has 9 heteroatoms. The van der Waals surface area contributed by atoms with Crippen LogP contribution in [0.3, 0.4) is 0 Å². The number of halogens is 1. The van der Waals surface area contributed by atoms with Crippen molar-refractivity contribution < 1.29 is 18.0 Å². The number of hydrogen-bond donors (Lipinski definition) is 1. The third kappa shape index (κ3) is 7.66. The number of aryl methyl sites for hydroxylation is 2. The predicted octanol–water partition coefficient (Wildman–Crippen LogP) is 4.22. The van der Waals surface area contributed by atoms with Crippen LogP contribution in [-0.4, -0.2) is 51.0 Å². The zero-order valence-corrected chi connectivity index (χ0v) is 23.8. The predicted molar refractivity (Wildman–Crippen MR) is 151 cm³/mol. The summed E-state index contributed by atoms with van der Waals surface area (Å²) in [7, 11) is -2.27. The minimum absolute atomic E-state index is 0.133. The van der Waals surface area contributed by atoms with Crippen molar-refractivity contribution in [3.63, 3.8) is 0 Å². The van der Waals surface area contributed by atoms with E-state index in [0.717, 1.165) is 37.3 Å². The molecule has 0 radical (unpaired) electrons. The standard InChI is InChI=1S/C28H32BrN3O4S/c1-20-13-14-25(21(2)15-20)32(37(4,35)36)19-27(33)31(18-23-11-8-12-24(29)16-23)26(28(34)30-3)17-22-9-6-5-7-10-22/h5-16,26H,17-19H2,1-4H3,(H,30,34). The lowest BCUT2D eigenvalue weighted by Crippen LogP contribution is -2.53. The lowest BCUT2D eigenvalue weighted by Gasteiger charge is -2.33. The molecule has 2 amide bonds. The van der Waals surface area contributed by atoms with E-state index in [4.69, 9.17) is 0 Å². The Morgan fingerprint density at radius 2 is 1.62 bits per heavy atom. The zero-order valence-electron chi connectivity index (χ0n) is 21.4. The third-order valence-corrected chi connectivity index (χ3v) is 7.68. The first kappa shape index (κ1) is 28.4. The van der Waals surface area contributed by atoms with Crippen LogP contribution in [0.1, 0.15) is 22.3 Å². The number of anilines is 1. The fourth-order valence-electron chi connectivity index (χ4n) is 4.23. The lowest BCUT2D eigenvalue weighted by molar-refractivity contribution is -0.139. The molecular formula is C28H32BrN3O4S. The minimum Gasteiger partial charge on any atom is -0.357 e. The summed E-state index contributed by atoms with van der Waals surface area (Å²) < 4.78 is 27.7. The van der Waals surface area contributed by atoms with Gasteiger partial charge in [0.2, 0.25) is 21.8 Å². The molecule has 196 valence electrons. The second kappa shape index (κ2) is 12.4. The summed E-state index contributed by atoms with van der Waals surface area (Å²) >= 11 is 3.46. The van der Waals surface area contributed by atoms with Gasteiger partial charge in [0.05, 0.1) is 11.9 Å². The quantitative estimate of drug-likeness (QED) is 0.386. The van der Waals surface area contributed by atoms with Gasteiger partial charge in [0, 0.05) is 24.5 Å². The van der Waals surface area contributed by atoms with Gasteiger partial charge in [-0.05, 0) is 48.7 Å². The number of benzene rings is 3. The van der Waals surface area contributed by atoms with Gasteiger partial charge < -0.3 is 10.2 Å². The number of nitrogens with one attached hydrogen (secondary N) is 1. The largest absolute Gasteiger partial charge is 0.357 e. The van der Waals surface area contributed by atoms with Gasteiger partial charge in [0.1, 0.15) is 12.6 Å². The van der Waals surface area contributed by atoms with E-state index in [1.807, 2.05) is 80.6 Å². The zero-order chi connectivity index (χ0) is 27.2. The summed E-state index contributed by atoms with van der Waals surface area (Å²) in [5.74, 6) is -0.806. The summed E-state index contributed by atoms with van der Waals surface area (Å²) in [6.07, 6.45) is 1.36. The number of amides is 2. The van der Waals surface area contributed by atoms with Crippen LogP contribution >= 0.6 is 15.9 Å². The van der Waals surface area contributed by atoms with Crippen LogP contribution in [0.15, 0.2) is 77.3 Å². The summed E-state index contributed by atoms with van der Waals surface area (Å²) in [5, 5.41) is 2.67. The van der Waals surface area contributed by atoms with E-state index in [1.165, 1.54) is 11.9 Å². The molecule has 0 aliphatic carbocycles. The van der Waals surface area contributed by atoms with E-state index in [-0.39, 0.29) is 18.9 Å². The topological polar surface area (TPSA) is 86.8 Å². The van der Waals surface area contributed by atoms with Crippen molar-refractivity contribution in [1.29, 1.82) is 0 Å². The average molecular weight is 587 g/mol. The molecule has 1 atom stereocenters. The summed E-state index contributed by atoms with van der Waals surface area (Å²) in [5.41, 5.74) is 3.85. The maximum absolute atomic E-state index is 13.9. The molecule has 1 unspecified atom stereocenters. The Morgan fingerprint density at radius 3 is 2.22 bits per heavy atom. The molecule has 0 saturated heterocycles. The molecule has 7 nitrogen and oxygen atoms in total. The van der Waals surface area contributed by atoms with Crippen LogP contribution in [0.4, 0.5) is 5.69 Å². The van der Waals surface area contributed by atoms with E-state index >= 15 is 0 Å². The second-order valence-corrected chi connectivity index (χ2v) is 11.9. The van der Waals surface area contributed by atoms with Crippen molar-refractivity contribution in [3.05, 3.63) is 99.5 Å². The molecule has 0 aliphatic rings. The molecule has 0 aliphatic heterocycles. The normalized spacial score (nSPS) is 12.0. The highest BCUT2D eigenvalue weighted by Gasteiger charge is 2.33. The van der Waals surface area contributed by atoms with Crippen molar-refractivity contribution in [3.8, 4) is 0 Å². The second-order valence-electron chi connectivity index (χ2n) is 9.03. The summed E-state index contributed by atoms with van der Waals surface area (Å²) in [4.78, 5) is 28.5. The Morgan fingerprint density at radius 1 is 0.946 bits per heavy atom. The van der Waals surface area contributed by atoms with Crippen molar-refractivity contribution in [2.24, 2.45) is 0 Å². The maximum Gasteiger partial charge on any atom is 0.244 e. The number of rotatable bonds is 10. The van der Waals surface area contributed by atoms with Crippen molar-refractivity contribution >= 4 is 43.5 Å². The summed E-state index contributed by atoms with van der Waals surface area (Å²) in [6.45, 7) is 3.43. The maximum atomic E-state index is 13.9. The molecule has 1 N–H and O–H groups in total. The number of carbonyl (C=O) groups is 2. The Kier molecular flexibility index (Phi) is 9.50. The van der Waals surface area contributed by atoms with Gasteiger partial charge in [0.25, 0.3) is 0 Å². The highest BCUT2D eigenvalue weighted by molar-refractivity contribution is 9.10. The van der Waals surface area contributed by atoms with E-state index in [1.54, 1.807) is 6.07 Å². The molecule has 0 aromatic heterocycles. The van der Waals surface area contributed by atoms with Gasteiger partial charge in [-0.15, -0.1) is 0 Å². The number of likely N-dealkylation sites (N-methyl/N-ethyl adjacent to an activating group) is 1. The lowest BCUT2D eigenvalue weighted by atomic mass is 10.0. The van der Waals surface area contributed by atoms with Gasteiger partial charge in [0.15, 0.2) is 0 Å². The highest BCUT2D eigenvalue weighted by Crippen LogP contribution is 2.25. The highest BCUT2D eigenvalue weighted by atomic mass is 79.9. The minimum atomic E-state index is -3.79. The van der Waals surface area contributed by atoms with E-state index in [2.05, 4.69) is 21.2 Å². The first-order chi connectivity index (χ1) is 17.5. The Bertz CT molecular complexity index is 1360. The van der Waals surface area contributed by atoms with Gasteiger partial charge >= 0.3 is 0 Å². The van der Waals surface area contributed by atoms with Gasteiger partial charge in [-0.1, -0.05) is 76.1 Å². The van der Waals surface area contributed by atoms with Crippen LogP contribution in [0.25, 0.3) is 0 Å². The SMILES string of the molecule is CNC(=O)C(Cc1ccccc1)N(Cc1cccc(Br)c1)C(=O)CN(c1ccc(C)cc1C)S(C)(=O)=O. The monoisotopic (exact) mass is 585 g/mol. The summed E-state index contributed by atoms with van der Waals surface area (Å²) in [6, 6.07) is 21.5. The van der Waals surface area contributed by atoms with Crippen LogP contribution in [-0.2, 0) is 32.6 Å². The molecule has 0 fully saturated rings. The van der Waals surface area contributed by atoms with Crippen LogP contribution in [0, 0.1) is 13.8 Å². The molecule has 0 bridgehead atoms. The molecule has 0 spiro atoms. The van der Waals surface area contributed by atoms with Crippen molar-refractivity contribution in [2.45, 2.75) is 32.9 Å². The van der Waals surface area contributed by atoms with Gasteiger partial charge in [-0.2, -0.15) is 0 Å². The average Bonchev–Trinajstić information content (AvgIpc) is 2.84. The van der Waals surface area contributed by atoms with E-state index < -0.39 is 28.5 Å². The van der Waals surface area contributed by atoms with Crippen LogP contribution < -0.4 is 9.62 Å². The third-order valence-electron chi connectivity index (χ3n) is 6.06. The fourth-order valence-corrected chi connectivity index (χ4v) is 5.59.